The monoisotopic (exact) mass is 544 g/mol. The third-order valence-corrected chi connectivity index (χ3v) is 5.05. The molecule has 1 aromatic carbocycles. The van der Waals surface area contributed by atoms with E-state index in [1.807, 2.05) is 24.3 Å². The number of ether oxygens (including phenoxy) is 2. The number of carbonyl (C=O) groups excluding carboxylic acids is 1. The Bertz CT molecular complexity index is 676. The van der Waals surface area contributed by atoms with Gasteiger partial charge in [0.2, 0.25) is 0 Å². The fourth-order valence-corrected chi connectivity index (χ4v) is 2.96. The van der Waals surface area contributed by atoms with Crippen LogP contribution in [0.25, 0.3) is 0 Å². The average Bonchev–Trinajstić information content (AvgIpc) is 3.66. The molecule has 3 rings (SSSR count). The van der Waals surface area contributed by atoms with E-state index in [1.165, 1.54) is 18.4 Å². The van der Waals surface area contributed by atoms with Crippen LogP contribution in [0.5, 0.6) is 5.75 Å². The zero-order chi connectivity index (χ0) is 21.0. The number of halogens is 1. The van der Waals surface area contributed by atoms with Crippen LogP contribution in [-0.2, 0) is 16.0 Å². The Labute approximate surface area is 203 Å². The van der Waals surface area contributed by atoms with Crippen LogP contribution in [0.1, 0.15) is 44.6 Å². The van der Waals surface area contributed by atoms with Gasteiger partial charge in [0.25, 0.3) is 5.91 Å². The van der Waals surface area contributed by atoms with Crippen molar-refractivity contribution in [2.24, 2.45) is 10.9 Å². The Morgan fingerprint density at radius 3 is 2.58 bits per heavy atom. The van der Waals surface area contributed by atoms with Crippen molar-refractivity contribution in [2.45, 2.75) is 51.5 Å². The molecule has 1 aromatic rings. The summed E-state index contributed by atoms with van der Waals surface area (Å²) in [6.45, 7) is 6.25. The lowest BCUT2D eigenvalue weighted by Crippen LogP contribution is -2.38. The fourth-order valence-electron chi connectivity index (χ4n) is 2.96. The van der Waals surface area contributed by atoms with E-state index in [0.717, 1.165) is 76.2 Å². The quantitative estimate of drug-likeness (QED) is 0.145. The lowest BCUT2D eigenvalue weighted by atomic mass is 10.1. The van der Waals surface area contributed by atoms with E-state index >= 15 is 0 Å². The smallest absolute Gasteiger partial charge is 0.258 e. The summed E-state index contributed by atoms with van der Waals surface area (Å²) in [5, 5.41) is 9.58. The number of nitrogens with one attached hydrogen (secondary N) is 3. The van der Waals surface area contributed by atoms with Crippen molar-refractivity contribution in [3.63, 3.8) is 0 Å². The highest BCUT2D eigenvalue weighted by molar-refractivity contribution is 14.0. The van der Waals surface area contributed by atoms with Gasteiger partial charge in [0.15, 0.2) is 12.6 Å². The molecule has 0 bridgehead atoms. The third kappa shape index (κ3) is 11.6. The normalized spacial score (nSPS) is 15.7. The third-order valence-electron chi connectivity index (χ3n) is 5.05. The van der Waals surface area contributed by atoms with Gasteiger partial charge in [-0.2, -0.15) is 0 Å². The highest BCUT2D eigenvalue weighted by Gasteiger charge is 2.23. The topological polar surface area (TPSA) is 84.0 Å². The van der Waals surface area contributed by atoms with Crippen molar-refractivity contribution in [1.29, 1.82) is 0 Å². The van der Waals surface area contributed by atoms with Crippen LogP contribution < -0.4 is 20.7 Å². The summed E-state index contributed by atoms with van der Waals surface area (Å²) in [6.07, 6.45) is 6.67. The number of amides is 1. The first-order valence-electron chi connectivity index (χ1n) is 11.3. The van der Waals surface area contributed by atoms with Crippen LogP contribution in [-0.4, -0.2) is 57.4 Å². The number of rotatable bonds is 14. The first-order chi connectivity index (χ1) is 14.7. The van der Waals surface area contributed by atoms with Crippen LogP contribution in [0.3, 0.4) is 0 Å². The van der Waals surface area contributed by atoms with Gasteiger partial charge in [-0.3, -0.25) is 9.79 Å². The molecule has 0 radical (unpaired) electrons. The Morgan fingerprint density at radius 2 is 1.90 bits per heavy atom. The maximum atomic E-state index is 11.7. The number of nitrogens with zero attached hydrogens (tertiary/aromatic N) is 1. The van der Waals surface area contributed by atoms with Crippen molar-refractivity contribution < 1.29 is 14.3 Å². The lowest BCUT2D eigenvalue weighted by molar-refractivity contribution is -0.123. The molecule has 3 N–H and O–H groups in total. The van der Waals surface area contributed by atoms with E-state index in [4.69, 9.17) is 9.47 Å². The minimum absolute atomic E-state index is 0. The van der Waals surface area contributed by atoms with Crippen molar-refractivity contribution in [2.75, 3.05) is 39.5 Å². The molecule has 0 heterocycles. The van der Waals surface area contributed by atoms with Gasteiger partial charge in [0.1, 0.15) is 5.75 Å². The standard InChI is InChI=1S/C23H36N4O3.HI/c1-2-24-23(25-13-3-15-29-16-19-4-5-19)26-14-12-18-6-10-21(11-7-18)30-17-22(28)27-20-8-9-20;/h6-7,10-11,19-20H,2-5,8-9,12-17H2,1H3,(H,27,28)(H2,24,25,26);1H. The second-order valence-electron chi connectivity index (χ2n) is 8.08. The summed E-state index contributed by atoms with van der Waals surface area (Å²) < 4.78 is 11.2. The molecule has 0 atom stereocenters. The highest BCUT2D eigenvalue weighted by atomic mass is 127. The minimum atomic E-state index is -0.0458. The summed E-state index contributed by atoms with van der Waals surface area (Å²) in [4.78, 5) is 16.3. The van der Waals surface area contributed by atoms with Crippen LogP contribution >= 0.6 is 24.0 Å². The van der Waals surface area contributed by atoms with Crippen molar-refractivity contribution in [3.8, 4) is 5.75 Å². The molecule has 2 aliphatic rings. The number of carbonyl (C=O) groups is 1. The van der Waals surface area contributed by atoms with Crippen molar-refractivity contribution in [3.05, 3.63) is 29.8 Å². The maximum Gasteiger partial charge on any atom is 0.258 e. The number of aliphatic imine (C=N–C) groups is 1. The molecule has 0 aromatic heterocycles. The van der Waals surface area contributed by atoms with Gasteiger partial charge >= 0.3 is 0 Å². The minimum Gasteiger partial charge on any atom is -0.484 e. The molecule has 2 fully saturated rings. The Balaban J connectivity index is 0.00000341. The zero-order valence-electron chi connectivity index (χ0n) is 18.5. The van der Waals surface area contributed by atoms with Crippen LogP contribution in [0.2, 0.25) is 0 Å². The fraction of sp³-hybridized carbons (Fsp3) is 0.652. The highest BCUT2D eigenvalue weighted by Crippen LogP contribution is 2.28. The number of hydrogen-bond acceptors (Lipinski definition) is 4. The summed E-state index contributed by atoms with van der Waals surface area (Å²) in [6, 6.07) is 8.28. The molecule has 2 saturated carbocycles. The van der Waals surface area contributed by atoms with Crippen molar-refractivity contribution >= 4 is 35.8 Å². The Morgan fingerprint density at radius 1 is 1.13 bits per heavy atom. The van der Waals surface area contributed by atoms with Gasteiger partial charge in [0, 0.05) is 38.9 Å². The second-order valence-corrected chi connectivity index (χ2v) is 8.08. The van der Waals surface area contributed by atoms with Gasteiger partial charge in [-0.05, 0) is 69.1 Å². The predicted octanol–water partition coefficient (Wildman–Crippen LogP) is 2.88. The van der Waals surface area contributed by atoms with Gasteiger partial charge in [-0.15, -0.1) is 24.0 Å². The molecule has 2 aliphatic carbocycles. The molecule has 0 aliphatic heterocycles. The summed E-state index contributed by atoms with van der Waals surface area (Å²) >= 11 is 0. The van der Waals surface area contributed by atoms with Crippen LogP contribution in [0.4, 0.5) is 0 Å². The van der Waals surface area contributed by atoms with E-state index in [-0.39, 0.29) is 36.5 Å². The predicted molar refractivity (Wildman–Crippen MR) is 134 cm³/mol. The first kappa shape index (κ1) is 25.7. The number of hydrogen-bond donors (Lipinski definition) is 3. The molecule has 0 saturated heterocycles. The molecular weight excluding hydrogens is 507 g/mol. The van der Waals surface area contributed by atoms with E-state index in [1.54, 1.807) is 0 Å². The van der Waals surface area contributed by atoms with Crippen molar-refractivity contribution in [1.82, 2.24) is 16.0 Å². The van der Waals surface area contributed by atoms with E-state index in [2.05, 4.69) is 27.9 Å². The van der Waals surface area contributed by atoms with E-state index in [0.29, 0.717) is 6.04 Å². The zero-order valence-corrected chi connectivity index (χ0v) is 20.9. The molecule has 1 amide bonds. The van der Waals surface area contributed by atoms with E-state index < -0.39 is 0 Å². The van der Waals surface area contributed by atoms with Gasteiger partial charge in [-0.1, -0.05) is 12.1 Å². The average molecular weight is 544 g/mol. The second kappa shape index (κ2) is 14.5. The summed E-state index contributed by atoms with van der Waals surface area (Å²) in [7, 11) is 0. The molecular formula is C23H37IN4O3. The van der Waals surface area contributed by atoms with Crippen LogP contribution in [0.15, 0.2) is 29.3 Å². The van der Waals surface area contributed by atoms with Gasteiger partial charge in [-0.25, -0.2) is 0 Å². The molecule has 8 heteroatoms. The van der Waals surface area contributed by atoms with Crippen LogP contribution in [0, 0.1) is 5.92 Å². The molecule has 174 valence electrons. The molecule has 31 heavy (non-hydrogen) atoms. The van der Waals surface area contributed by atoms with Gasteiger partial charge in [0.05, 0.1) is 0 Å². The first-order valence-corrected chi connectivity index (χ1v) is 11.3. The lowest BCUT2D eigenvalue weighted by Gasteiger charge is -2.12. The number of benzene rings is 1. The Hall–Kier alpha value is -1.55. The van der Waals surface area contributed by atoms with Gasteiger partial charge < -0.3 is 25.4 Å². The van der Waals surface area contributed by atoms with E-state index in [9.17, 15) is 4.79 Å². The molecule has 0 unspecified atom stereocenters. The summed E-state index contributed by atoms with van der Waals surface area (Å²) in [5.74, 6) is 2.34. The summed E-state index contributed by atoms with van der Waals surface area (Å²) in [5.41, 5.74) is 1.21. The molecule has 7 nitrogen and oxygen atoms in total. The SMILES string of the molecule is CCNC(=NCCCOCC1CC1)NCCc1ccc(OCC(=O)NC2CC2)cc1.I. The molecule has 0 spiro atoms. The largest absolute Gasteiger partial charge is 0.484 e. The maximum absolute atomic E-state index is 11.7. The Kier molecular flexibility index (Phi) is 12.0. The number of guanidine groups is 1.